The largest absolute Gasteiger partial charge is 0.493 e. The molecule has 0 bridgehead atoms. The molecule has 3 nitrogen and oxygen atoms in total. The molecule has 1 aliphatic rings. The summed E-state index contributed by atoms with van der Waals surface area (Å²) in [5, 5.41) is 8.96. The second-order valence-corrected chi connectivity index (χ2v) is 7.51. The minimum atomic E-state index is -1.14. The van der Waals surface area contributed by atoms with Crippen molar-refractivity contribution in [3.05, 3.63) is 64.0 Å². The van der Waals surface area contributed by atoms with Crippen molar-refractivity contribution >= 4 is 17.6 Å². The summed E-state index contributed by atoms with van der Waals surface area (Å²) in [4.78, 5) is 11.0. The number of benzene rings is 2. The molecule has 1 N–H and O–H groups in total. The van der Waals surface area contributed by atoms with Crippen molar-refractivity contribution in [2.45, 2.75) is 39.5 Å². The smallest absolute Gasteiger partial charge is 0.335 e. The summed E-state index contributed by atoms with van der Waals surface area (Å²) >= 11 is 0. The Morgan fingerprint density at radius 1 is 1.27 bits per heavy atom. The van der Waals surface area contributed by atoms with Crippen molar-refractivity contribution in [3.8, 4) is 5.75 Å². The Morgan fingerprint density at radius 2 is 2.00 bits per heavy atom. The van der Waals surface area contributed by atoms with Crippen LogP contribution >= 0.6 is 0 Å². The summed E-state index contributed by atoms with van der Waals surface area (Å²) in [5.74, 6) is -0.750. The van der Waals surface area contributed by atoms with Gasteiger partial charge in [0.15, 0.2) is 0 Å². The monoisotopic (exact) mass is 354 g/mol. The maximum Gasteiger partial charge on any atom is 0.335 e. The third-order valence-corrected chi connectivity index (χ3v) is 5.08. The van der Waals surface area contributed by atoms with Crippen LogP contribution in [0, 0.1) is 12.7 Å². The summed E-state index contributed by atoms with van der Waals surface area (Å²) < 4.78 is 20.1. The molecule has 4 heteroatoms. The van der Waals surface area contributed by atoms with E-state index >= 15 is 0 Å². The maximum atomic E-state index is 14.3. The predicted molar refractivity (Wildman–Crippen MR) is 101 cm³/mol. The summed E-state index contributed by atoms with van der Waals surface area (Å²) in [6, 6.07) is 8.16. The molecule has 0 fully saturated rings. The lowest BCUT2D eigenvalue weighted by Crippen LogP contribution is -2.26. The van der Waals surface area contributed by atoms with Gasteiger partial charge in [0, 0.05) is 11.1 Å². The fraction of sp³-hybridized carbons (Fsp3) is 0.318. The molecule has 3 rings (SSSR count). The average Bonchev–Trinajstić information content (AvgIpc) is 2.55. The van der Waals surface area contributed by atoms with Gasteiger partial charge in [-0.2, -0.15) is 0 Å². The number of carbonyl (C=O) groups is 1. The molecule has 0 unspecified atom stereocenters. The van der Waals surface area contributed by atoms with Gasteiger partial charge in [-0.05, 0) is 72.7 Å². The third-order valence-electron chi connectivity index (χ3n) is 5.08. The van der Waals surface area contributed by atoms with E-state index in [-0.39, 0.29) is 11.0 Å². The van der Waals surface area contributed by atoms with Crippen LogP contribution in [-0.4, -0.2) is 17.7 Å². The van der Waals surface area contributed by atoms with Crippen LogP contribution in [0.4, 0.5) is 4.39 Å². The number of fused-ring (bicyclic) bond motifs is 1. The van der Waals surface area contributed by atoms with E-state index < -0.39 is 11.8 Å². The Balaban J connectivity index is 2.04. The average molecular weight is 354 g/mol. The van der Waals surface area contributed by atoms with Gasteiger partial charge in [-0.15, -0.1) is 0 Å². The number of carboxylic acids is 1. The molecule has 0 saturated carbocycles. The SMILES string of the molecule is CC(=Cc1ccc(C(=O)O)cc1F)c1cc2c(cc1C)OCCC2(C)C. The number of hydrogen-bond donors (Lipinski definition) is 1. The number of allylic oxidation sites excluding steroid dienone is 1. The van der Waals surface area contributed by atoms with Gasteiger partial charge in [0.05, 0.1) is 12.2 Å². The summed E-state index contributed by atoms with van der Waals surface area (Å²) in [5.41, 5.74) is 4.56. The first-order valence-corrected chi connectivity index (χ1v) is 8.68. The van der Waals surface area contributed by atoms with Crippen molar-refractivity contribution in [1.82, 2.24) is 0 Å². The minimum Gasteiger partial charge on any atom is -0.493 e. The van der Waals surface area contributed by atoms with Crippen LogP contribution in [0.1, 0.15) is 59.8 Å². The quantitative estimate of drug-likeness (QED) is 0.745. The number of halogens is 1. The molecular formula is C22H23FO3. The number of carboxylic acid groups (broad SMARTS) is 1. The van der Waals surface area contributed by atoms with Crippen LogP contribution < -0.4 is 4.74 Å². The Labute approximate surface area is 153 Å². The van der Waals surface area contributed by atoms with Crippen molar-refractivity contribution in [2.75, 3.05) is 6.61 Å². The zero-order chi connectivity index (χ0) is 19.1. The molecule has 1 aliphatic heterocycles. The van der Waals surface area contributed by atoms with Crippen LogP contribution in [-0.2, 0) is 5.41 Å². The van der Waals surface area contributed by atoms with E-state index in [1.165, 1.54) is 17.7 Å². The first kappa shape index (κ1) is 18.2. The van der Waals surface area contributed by atoms with Gasteiger partial charge < -0.3 is 9.84 Å². The van der Waals surface area contributed by atoms with Gasteiger partial charge in [0.2, 0.25) is 0 Å². The zero-order valence-corrected chi connectivity index (χ0v) is 15.5. The van der Waals surface area contributed by atoms with E-state index in [1.54, 1.807) is 6.08 Å². The number of ether oxygens (including phenoxy) is 1. The zero-order valence-electron chi connectivity index (χ0n) is 15.5. The molecule has 2 aromatic carbocycles. The fourth-order valence-corrected chi connectivity index (χ4v) is 3.39. The molecule has 0 aromatic heterocycles. The molecule has 136 valence electrons. The van der Waals surface area contributed by atoms with Gasteiger partial charge in [-0.3, -0.25) is 0 Å². The van der Waals surface area contributed by atoms with Gasteiger partial charge >= 0.3 is 5.97 Å². The summed E-state index contributed by atoms with van der Waals surface area (Å²) in [7, 11) is 0. The van der Waals surface area contributed by atoms with Crippen LogP contribution in [0.3, 0.4) is 0 Å². The first-order chi connectivity index (χ1) is 12.2. The Morgan fingerprint density at radius 3 is 2.65 bits per heavy atom. The second-order valence-electron chi connectivity index (χ2n) is 7.51. The highest BCUT2D eigenvalue weighted by atomic mass is 19.1. The molecule has 0 amide bonds. The van der Waals surface area contributed by atoms with Crippen LogP contribution in [0.5, 0.6) is 5.75 Å². The molecule has 0 saturated heterocycles. The lowest BCUT2D eigenvalue weighted by molar-refractivity contribution is 0.0696. The molecule has 0 radical (unpaired) electrons. The summed E-state index contributed by atoms with van der Waals surface area (Å²) in [6.45, 7) is 9.08. The molecular weight excluding hydrogens is 331 g/mol. The minimum absolute atomic E-state index is 0.0324. The lowest BCUT2D eigenvalue weighted by Gasteiger charge is -2.33. The standard InChI is InChI=1S/C22H23FO3/c1-13(9-15-5-6-16(21(24)25)11-19(15)23)17-12-18-20(10-14(17)2)26-8-7-22(18,3)4/h5-6,9-12H,7-8H2,1-4H3,(H,24,25). The maximum absolute atomic E-state index is 14.3. The van der Waals surface area contributed by atoms with E-state index in [9.17, 15) is 9.18 Å². The number of aromatic carboxylic acids is 1. The lowest BCUT2D eigenvalue weighted by atomic mass is 9.78. The number of hydrogen-bond acceptors (Lipinski definition) is 2. The van der Waals surface area contributed by atoms with Crippen molar-refractivity contribution in [3.63, 3.8) is 0 Å². The van der Waals surface area contributed by atoms with E-state index in [0.717, 1.165) is 41.5 Å². The highest BCUT2D eigenvalue weighted by molar-refractivity contribution is 5.89. The normalized spacial score (nSPS) is 16.0. The van der Waals surface area contributed by atoms with E-state index in [4.69, 9.17) is 9.84 Å². The fourth-order valence-electron chi connectivity index (χ4n) is 3.39. The van der Waals surface area contributed by atoms with Gasteiger partial charge in [0.1, 0.15) is 11.6 Å². The molecule has 26 heavy (non-hydrogen) atoms. The van der Waals surface area contributed by atoms with E-state index in [1.807, 2.05) is 19.9 Å². The molecule has 2 aromatic rings. The van der Waals surface area contributed by atoms with E-state index in [2.05, 4.69) is 19.9 Å². The topological polar surface area (TPSA) is 46.5 Å². The summed E-state index contributed by atoms with van der Waals surface area (Å²) in [6.07, 6.45) is 2.71. The second kappa shape index (κ2) is 6.60. The molecule has 0 atom stereocenters. The van der Waals surface area contributed by atoms with Crippen molar-refractivity contribution in [1.29, 1.82) is 0 Å². The first-order valence-electron chi connectivity index (χ1n) is 8.68. The number of rotatable bonds is 3. The van der Waals surface area contributed by atoms with Crippen molar-refractivity contribution < 1.29 is 19.0 Å². The van der Waals surface area contributed by atoms with E-state index in [0.29, 0.717) is 5.56 Å². The predicted octanol–water partition coefficient (Wildman–Crippen LogP) is 5.45. The Hall–Kier alpha value is -2.62. The van der Waals surface area contributed by atoms with Crippen LogP contribution in [0.25, 0.3) is 11.6 Å². The Bertz CT molecular complexity index is 910. The third kappa shape index (κ3) is 3.36. The highest BCUT2D eigenvalue weighted by Gasteiger charge is 2.29. The van der Waals surface area contributed by atoms with Gasteiger partial charge in [-0.25, -0.2) is 9.18 Å². The van der Waals surface area contributed by atoms with Crippen LogP contribution in [0.15, 0.2) is 30.3 Å². The molecule has 0 aliphatic carbocycles. The number of aryl methyl sites for hydroxylation is 1. The van der Waals surface area contributed by atoms with Crippen LogP contribution in [0.2, 0.25) is 0 Å². The highest BCUT2D eigenvalue weighted by Crippen LogP contribution is 2.41. The van der Waals surface area contributed by atoms with Crippen molar-refractivity contribution in [2.24, 2.45) is 0 Å². The van der Waals surface area contributed by atoms with Gasteiger partial charge in [0.25, 0.3) is 0 Å². The van der Waals surface area contributed by atoms with Gasteiger partial charge in [-0.1, -0.05) is 19.9 Å². The molecule has 1 heterocycles. The Kier molecular flexibility index (Phi) is 4.61. The molecule has 0 spiro atoms.